The quantitative estimate of drug-likeness (QED) is 0.453. The molecule has 142 valence electrons. The summed E-state index contributed by atoms with van der Waals surface area (Å²) in [7, 11) is 3.22. The fourth-order valence-electron chi connectivity index (χ4n) is 2.89. The van der Waals surface area contributed by atoms with E-state index in [0.29, 0.717) is 12.5 Å². The van der Waals surface area contributed by atoms with Gasteiger partial charge in [-0.05, 0) is 36.8 Å². The summed E-state index contributed by atoms with van der Waals surface area (Å²) in [6.45, 7) is 2.37. The number of rotatable bonds is 5. The molecular weight excluding hydrogens is 348 g/mol. The lowest BCUT2D eigenvalue weighted by molar-refractivity contribution is -0.126. The first-order valence-corrected chi connectivity index (χ1v) is 8.51. The van der Waals surface area contributed by atoms with E-state index in [-0.39, 0.29) is 5.91 Å². The van der Waals surface area contributed by atoms with Gasteiger partial charge < -0.3 is 14.5 Å². The Morgan fingerprint density at radius 2 is 2.07 bits per heavy atom. The van der Waals surface area contributed by atoms with Gasteiger partial charge in [0.15, 0.2) is 12.2 Å². The number of benzene rings is 1. The second-order valence-electron chi connectivity index (χ2n) is 6.08. The average molecular weight is 370 g/mol. The SMILES string of the molecule is C/C=C/CN1C(N/N=C\c2ccc(OC)cc2)=NC2C1C(=O)NC(=O)N2C. The molecule has 2 aliphatic heterocycles. The summed E-state index contributed by atoms with van der Waals surface area (Å²) in [5, 5.41) is 6.57. The van der Waals surface area contributed by atoms with Crippen LogP contribution in [0.1, 0.15) is 12.5 Å². The molecule has 2 N–H and O–H groups in total. The van der Waals surface area contributed by atoms with Crippen molar-refractivity contribution in [2.75, 3.05) is 20.7 Å². The van der Waals surface area contributed by atoms with Gasteiger partial charge in [-0.2, -0.15) is 5.10 Å². The van der Waals surface area contributed by atoms with Crippen LogP contribution >= 0.6 is 0 Å². The van der Waals surface area contributed by atoms with Crippen LogP contribution in [0.3, 0.4) is 0 Å². The summed E-state index contributed by atoms with van der Waals surface area (Å²) in [5.74, 6) is 0.831. The van der Waals surface area contributed by atoms with Crippen molar-refractivity contribution in [1.29, 1.82) is 0 Å². The van der Waals surface area contributed by atoms with Gasteiger partial charge in [0.25, 0.3) is 5.91 Å². The lowest BCUT2D eigenvalue weighted by Crippen LogP contribution is -2.64. The molecule has 0 aromatic heterocycles. The maximum absolute atomic E-state index is 12.3. The van der Waals surface area contributed by atoms with E-state index in [1.807, 2.05) is 43.3 Å². The van der Waals surface area contributed by atoms with E-state index in [9.17, 15) is 9.59 Å². The number of carbonyl (C=O) groups is 2. The van der Waals surface area contributed by atoms with Crippen molar-refractivity contribution in [2.45, 2.75) is 19.1 Å². The zero-order valence-corrected chi connectivity index (χ0v) is 15.4. The topological polar surface area (TPSA) is 98.6 Å². The first-order valence-electron chi connectivity index (χ1n) is 8.51. The van der Waals surface area contributed by atoms with Crippen LogP contribution in [-0.4, -0.2) is 66.8 Å². The van der Waals surface area contributed by atoms with Crippen LogP contribution in [0.25, 0.3) is 0 Å². The van der Waals surface area contributed by atoms with Crippen LogP contribution < -0.4 is 15.5 Å². The number of likely N-dealkylation sites (N-methyl/N-ethyl adjacent to an activating group) is 1. The number of nitrogens with one attached hydrogen (secondary N) is 2. The standard InChI is InChI=1S/C18H22N6O3/c1-4-5-10-24-14-15(23(2)18(26)21-16(14)25)20-17(24)22-19-11-12-6-8-13(27-3)9-7-12/h4-9,11,14-15H,10H2,1-3H3,(H,20,22)(H,21,25,26)/b5-4+,19-11-. The maximum atomic E-state index is 12.3. The number of methoxy groups -OCH3 is 1. The number of nitrogens with zero attached hydrogens (tertiary/aromatic N) is 4. The minimum absolute atomic E-state index is 0.368. The molecule has 1 fully saturated rings. The summed E-state index contributed by atoms with van der Waals surface area (Å²) >= 11 is 0. The lowest BCUT2D eigenvalue weighted by atomic mass is 10.1. The Kier molecular flexibility index (Phi) is 5.39. The van der Waals surface area contributed by atoms with Gasteiger partial charge in [-0.15, -0.1) is 0 Å². The zero-order valence-electron chi connectivity index (χ0n) is 15.4. The normalized spacial score (nSPS) is 22.3. The van der Waals surface area contributed by atoms with Crippen LogP contribution in [-0.2, 0) is 4.79 Å². The van der Waals surface area contributed by atoms with E-state index in [1.54, 1.807) is 25.3 Å². The highest BCUT2D eigenvalue weighted by molar-refractivity contribution is 6.03. The van der Waals surface area contributed by atoms with Crippen molar-refractivity contribution in [2.24, 2.45) is 10.1 Å². The number of amides is 3. The van der Waals surface area contributed by atoms with Crippen molar-refractivity contribution in [3.05, 3.63) is 42.0 Å². The van der Waals surface area contributed by atoms with E-state index in [4.69, 9.17) is 4.74 Å². The van der Waals surface area contributed by atoms with Gasteiger partial charge in [-0.3, -0.25) is 10.1 Å². The summed E-state index contributed by atoms with van der Waals surface area (Å²) in [4.78, 5) is 31.9. The Labute approximate surface area is 157 Å². The van der Waals surface area contributed by atoms with E-state index in [0.717, 1.165) is 11.3 Å². The van der Waals surface area contributed by atoms with E-state index in [2.05, 4.69) is 20.8 Å². The minimum atomic E-state index is -0.595. The van der Waals surface area contributed by atoms with Gasteiger partial charge in [0.05, 0.1) is 13.3 Å². The fourth-order valence-corrected chi connectivity index (χ4v) is 2.89. The smallest absolute Gasteiger partial charge is 0.325 e. The Morgan fingerprint density at radius 3 is 2.74 bits per heavy atom. The minimum Gasteiger partial charge on any atom is -0.497 e. The molecule has 1 aromatic rings. The van der Waals surface area contributed by atoms with Crippen LogP contribution in [0.4, 0.5) is 4.79 Å². The van der Waals surface area contributed by atoms with Crippen molar-refractivity contribution < 1.29 is 14.3 Å². The molecule has 9 heteroatoms. The van der Waals surface area contributed by atoms with Crippen LogP contribution in [0, 0.1) is 0 Å². The molecule has 0 radical (unpaired) electrons. The lowest BCUT2D eigenvalue weighted by Gasteiger charge is -2.35. The molecule has 0 saturated carbocycles. The molecule has 3 rings (SSSR count). The average Bonchev–Trinajstić information content (AvgIpc) is 3.04. The number of hydrazone groups is 1. The third-order valence-corrected chi connectivity index (χ3v) is 4.39. The third-order valence-electron chi connectivity index (χ3n) is 4.39. The zero-order chi connectivity index (χ0) is 19.4. The molecule has 2 unspecified atom stereocenters. The van der Waals surface area contributed by atoms with Crippen molar-refractivity contribution in [3.63, 3.8) is 0 Å². The molecule has 1 aromatic carbocycles. The van der Waals surface area contributed by atoms with Crippen LogP contribution in [0.5, 0.6) is 5.75 Å². The van der Waals surface area contributed by atoms with E-state index in [1.165, 1.54) is 4.90 Å². The predicted molar refractivity (Wildman–Crippen MR) is 102 cm³/mol. The second-order valence-corrected chi connectivity index (χ2v) is 6.08. The molecule has 3 amide bonds. The number of fused-ring (bicyclic) bond motifs is 1. The van der Waals surface area contributed by atoms with E-state index < -0.39 is 18.2 Å². The Balaban J connectivity index is 1.77. The maximum Gasteiger partial charge on any atom is 0.325 e. The molecule has 2 aliphatic rings. The summed E-state index contributed by atoms with van der Waals surface area (Å²) < 4.78 is 5.13. The highest BCUT2D eigenvalue weighted by atomic mass is 16.5. The highest BCUT2D eigenvalue weighted by Gasteiger charge is 2.48. The second kappa shape index (κ2) is 7.90. The third kappa shape index (κ3) is 3.76. The van der Waals surface area contributed by atoms with Crippen molar-refractivity contribution in [1.82, 2.24) is 20.5 Å². The van der Waals surface area contributed by atoms with Gasteiger partial charge >= 0.3 is 6.03 Å². The molecule has 2 heterocycles. The number of urea groups is 1. The number of guanidine groups is 1. The Morgan fingerprint density at radius 1 is 1.33 bits per heavy atom. The Bertz CT molecular complexity index is 802. The molecule has 0 bridgehead atoms. The fraction of sp³-hybridized carbons (Fsp3) is 0.333. The molecule has 2 atom stereocenters. The molecular formula is C18H22N6O3. The summed E-state index contributed by atoms with van der Waals surface area (Å²) in [5.41, 5.74) is 3.77. The van der Waals surface area contributed by atoms with Crippen molar-refractivity contribution >= 4 is 24.1 Å². The molecule has 0 aliphatic carbocycles. The number of aliphatic imine (C=N–C) groups is 1. The van der Waals surface area contributed by atoms with Gasteiger partial charge in [-0.25, -0.2) is 15.2 Å². The van der Waals surface area contributed by atoms with Gasteiger partial charge in [0, 0.05) is 13.6 Å². The van der Waals surface area contributed by atoms with Gasteiger partial charge in [0.1, 0.15) is 5.75 Å². The molecule has 9 nitrogen and oxygen atoms in total. The Hall–Kier alpha value is -3.36. The molecule has 27 heavy (non-hydrogen) atoms. The number of imide groups is 1. The van der Waals surface area contributed by atoms with Gasteiger partial charge in [0.2, 0.25) is 5.96 Å². The number of ether oxygens (including phenoxy) is 1. The summed E-state index contributed by atoms with van der Waals surface area (Å²) in [6, 6.07) is 6.37. The van der Waals surface area contributed by atoms with Crippen LogP contribution in [0.15, 0.2) is 46.5 Å². The summed E-state index contributed by atoms with van der Waals surface area (Å²) in [6.07, 6.45) is 4.86. The number of allylic oxidation sites excluding steroid dienone is 1. The van der Waals surface area contributed by atoms with Crippen molar-refractivity contribution in [3.8, 4) is 5.75 Å². The predicted octanol–water partition coefficient (Wildman–Crippen LogP) is 0.743. The largest absolute Gasteiger partial charge is 0.497 e. The molecule has 1 saturated heterocycles. The van der Waals surface area contributed by atoms with E-state index >= 15 is 0 Å². The monoisotopic (exact) mass is 370 g/mol. The number of carbonyl (C=O) groups excluding carboxylic acids is 2. The number of hydrogen-bond acceptors (Lipinski definition) is 7. The first-order chi connectivity index (χ1) is 13.0. The number of hydrogen-bond donors (Lipinski definition) is 2. The first kappa shape index (κ1) is 18.4. The highest BCUT2D eigenvalue weighted by Crippen LogP contribution is 2.23. The molecule has 0 spiro atoms. The van der Waals surface area contributed by atoms with Crippen LogP contribution in [0.2, 0.25) is 0 Å². The van der Waals surface area contributed by atoms with Gasteiger partial charge in [-0.1, -0.05) is 12.2 Å².